The molecule has 0 spiro atoms. The van der Waals surface area contributed by atoms with Gasteiger partial charge in [-0.1, -0.05) is 53.0 Å². The molecule has 2 N–H and O–H groups in total. The van der Waals surface area contributed by atoms with Crippen molar-refractivity contribution < 1.29 is 14.3 Å². The molecule has 0 aliphatic heterocycles. The van der Waals surface area contributed by atoms with Crippen LogP contribution in [0.4, 0.5) is 5.69 Å². The number of rotatable bonds is 6. The fourth-order valence-electron chi connectivity index (χ4n) is 2.09. The molecule has 0 heterocycles. The van der Waals surface area contributed by atoms with Crippen molar-refractivity contribution in [2.24, 2.45) is 0 Å². The van der Waals surface area contributed by atoms with Crippen molar-refractivity contribution in [1.82, 2.24) is 5.32 Å². The molecule has 0 unspecified atom stereocenters. The van der Waals surface area contributed by atoms with E-state index < -0.39 is 15.9 Å². The van der Waals surface area contributed by atoms with Crippen molar-refractivity contribution in [2.45, 2.75) is 9.96 Å². The van der Waals surface area contributed by atoms with Gasteiger partial charge in [-0.3, -0.25) is 4.79 Å². The maximum absolute atomic E-state index is 12.5. The third-order valence-corrected chi connectivity index (χ3v) is 3.99. The summed E-state index contributed by atoms with van der Waals surface area (Å²) in [5, 5.41) is 5.66. The van der Waals surface area contributed by atoms with Crippen LogP contribution in [0, 0.1) is 0 Å². The number of carbonyl (C=O) groups is 1. The molecule has 0 aromatic heterocycles. The second-order valence-electron chi connectivity index (χ2n) is 5.03. The van der Waals surface area contributed by atoms with Gasteiger partial charge < -0.3 is 20.1 Å². The lowest BCUT2D eigenvalue weighted by atomic mass is 10.2. The summed E-state index contributed by atoms with van der Waals surface area (Å²) >= 11 is 18.0. The number of para-hydroxylation sites is 1. The topological polar surface area (TPSA) is 59.6 Å². The normalized spacial score (nSPS) is 12.2. The molecule has 2 aromatic rings. The maximum Gasteiger partial charge on any atom is 0.253 e. The third-order valence-electron chi connectivity index (χ3n) is 3.33. The van der Waals surface area contributed by atoms with Crippen molar-refractivity contribution in [2.75, 3.05) is 19.5 Å². The molecule has 2 aromatic carbocycles. The van der Waals surface area contributed by atoms with Gasteiger partial charge in [0.15, 0.2) is 11.5 Å². The van der Waals surface area contributed by atoms with Gasteiger partial charge in [0, 0.05) is 11.3 Å². The zero-order chi connectivity index (χ0) is 18.4. The summed E-state index contributed by atoms with van der Waals surface area (Å²) in [6.45, 7) is 0. The van der Waals surface area contributed by atoms with Gasteiger partial charge in [0.25, 0.3) is 5.91 Å². The average Bonchev–Trinajstić information content (AvgIpc) is 2.60. The van der Waals surface area contributed by atoms with Gasteiger partial charge in [0.05, 0.1) is 14.2 Å². The molecule has 0 saturated carbocycles. The largest absolute Gasteiger partial charge is 0.493 e. The number of anilines is 1. The molecule has 0 saturated heterocycles. The summed E-state index contributed by atoms with van der Waals surface area (Å²) in [6.07, 6.45) is -0.944. The Kier molecular flexibility index (Phi) is 6.64. The van der Waals surface area contributed by atoms with Crippen LogP contribution in [-0.4, -0.2) is 30.1 Å². The van der Waals surface area contributed by atoms with Crippen LogP contribution in [0.5, 0.6) is 11.5 Å². The standard InChI is InChI=1S/C17H17Cl3N2O3/c1-24-13-9-8-11(10-14(13)25-2)15(23)22-16(17(18,19)20)21-12-6-4-3-5-7-12/h3-10,16,21H,1-2H3,(H,22,23)/t16-/m0/s1. The number of nitrogens with one attached hydrogen (secondary N) is 2. The first-order chi connectivity index (χ1) is 11.8. The third kappa shape index (κ3) is 5.33. The second-order valence-corrected chi connectivity index (χ2v) is 7.40. The number of ether oxygens (including phenoxy) is 2. The molecule has 25 heavy (non-hydrogen) atoms. The number of benzene rings is 2. The minimum Gasteiger partial charge on any atom is -0.493 e. The Bertz CT molecular complexity index is 721. The van der Waals surface area contributed by atoms with Crippen LogP contribution in [0.25, 0.3) is 0 Å². The summed E-state index contributed by atoms with van der Waals surface area (Å²) in [4.78, 5) is 12.5. The highest BCUT2D eigenvalue weighted by atomic mass is 35.6. The SMILES string of the molecule is COc1ccc(C(=O)N[C@H](Nc2ccccc2)C(Cl)(Cl)Cl)cc1OC. The Hall–Kier alpha value is -1.82. The van der Waals surface area contributed by atoms with Gasteiger partial charge in [-0.25, -0.2) is 0 Å². The van der Waals surface area contributed by atoms with E-state index in [1.165, 1.54) is 14.2 Å². The van der Waals surface area contributed by atoms with E-state index in [0.29, 0.717) is 22.7 Å². The van der Waals surface area contributed by atoms with Crippen LogP contribution in [0.15, 0.2) is 48.5 Å². The van der Waals surface area contributed by atoms with E-state index in [2.05, 4.69) is 10.6 Å². The maximum atomic E-state index is 12.5. The first-order valence-electron chi connectivity index (χ1n) is 7.26. The number of hydrogen-bond acceptors (Lipinski definition) is 4. The smallest absolute Gasteiger partial charge is 0.253 e. The van der Waals surface area contributed by atoms with Crippen LogP contribution < -0.4 is 20.1 Å². The number of amides is 1. The summed E-state index contributed by atoms with van der Waals surface area (Å²) in [5.74, 6) is 0.511. The fraction of sp³-hybridized carbons (Fsp3) is 0.235. The number of hydrogen-bond donors (Lipinski definition) is 2. The van der Waals surface area contributed by atoms with Crippen molar-refractivity contribution in [3.63, 3.8) is 0 Å². The number of methoxy groups -OCH3 is 2. The van der Waals surface area contributed by atoms with Gasteiger partial charge in [-0.15, -0.1) is 0 Å². The Morgan fingerprint density at radius 3 is 2.20 bits per heavy atom. The molecule has 8 heteroatoms. The predicted molar refractivity (Wildman–Crippen MR) is 101 cm³/mol. The van der Waals surface area contributed by atoms with Crippen LogP contribution in [0.2, 0.25) is 0 Å². The van der Waals surface area contributed by atoms with E-state index in [1.807, 2.05) is 18.2 Å². The second kappa shape index (κ2) is 8.52. The van der Waals surface area contributed by atoms with Crippen molar-refractivity contribution >= 4 is 46.4 Å². The minimum atomic E-state index is -1.76. The van der Waals surface area contributed by atoms with E-state index in [4.69, 9.17) is 44.3 Å². The Morgan fingerprint density at radius 2 is 1.64 bits per heavy atom. The highest BCUT2D eigenvalue weighted by Gasteiger charge is 2.34. The first-order valence-corrected chi connectivity index (χ1v) is 8.39. The van der Waals surface area contributed by atoms with Crippen molar-refractivity contribution in [3.05, 3.63) is 54.1 Å². The number of carbonyl (C=O) groups excluding carboxylic acids is 1. The van der Waals surface area contributed by atoms with Crippen LogP contribution in [0.3, 0.4) is 0 Å². The minimum absolute atomic E-state index is 0.340. The first kappa shape index (κ1) is 19.5. The average molecular weight is 404 g/mol. The quantitative estimate of drug-likeness (QED) is 0.559. The molecular formula is C17H17Cl3N2O3. The molecule has 1 amide bonds. The summed E-state index contributed by atoms with van der Waals surface area (Å²) in [6, 6.07) is 13.9. The number of alkyl halides is 3. The molecule has 0 radical (unpaired) electrons. The van der Waals surface area contributed by atoms with Gasteiger partial charge in [-0.05, 0) is 30.3 Å². The van der Waals surface area contributed by atoms with Gasteiger partial charge in [0.1, 0.15) is 6.17 Å². The van der Waals surface area contributed by atoms with Crippen LogP contribution in [0.1, 0.15) is 10.4 Å². The van der Waals surface area contributed by atoms with E-state index in [9.17, 15) is 4.79 Å². The highest BCUT2D eigenvalue weighted by molar-refractivity contribution is 6.68. The van der Waals surface area contributed by atoms with Crippen LogP contribution in [-0.2, 0) is 0 Å². The zero-order valence-electron chi connectivity index (χ0n) is 13.6. The van der Waals surface area contributed by atoms with Crippen molar-refractivity contribution in [1.29, 1.82) is 0 Å². The molecule has 0 aliphatic rings. The van der Waals surface area contributed by atoms with Crippen LogP contribution >= 0.6 is 34.8 Å². The lowest BCUT2D eigenvalue weighted by Gasteiger charge is -2.27. The predicted octanol–water partition coefficient (Wildman–Crippen LogP) is 4.24. The van der Waals surface area contributed by atoms with E-state index in [1.54, 1.807) is 30.3 Å². The Morgan fingerprint density at radius 1 is 1.00 bits per heavy atom. The monoisotopic (exact) mass is 402 g/mol. The summed E-state index contributed by atoms with van der Waals surface area (Å²) in [5.41, 5.74) is 1.04. The lowest BCUT2D eigenvalue weighted by molar-refractivity contribution is 0.0941. The lowest BCUT2D eigenvalue weighted by Crippen LogP contribution is -2.49. The van der Waals surface area contributed by atoms with Gasteiger partial charge in [-0.2, -0.15) is 0 Å². The van der Waals surface area contributed by atoms with E-state index >= 15 is 0 Å². The molecular weight excluding hydrogens is 387 g/mol. The number of halogens is 3. The molecule has 0 aliphatic carbocycles. The Labute approximate surface area is 161 Å². The van der Waals surface area contributed by atoms with Crippen molar-refractivity contribution in [3.8, 4) is 11.5 Å². The van der Waals surface area contributed by atoms with Gasteiger partial charge in [0.2, 0.25) is 3.79 Å². The highest BCUT2D eigenvalue weighted by Crippen LogP contribution is 2.32. The summed E-state index contributed by atoms with van der Waals surface area (Å²) in [7, 11) is 3.00. The fourth-order valence-corrected chi connectivity index (χ4v) is 2.42. The molecule has 1 atom stereocenters. The molecule has 134 valence electrons. The summed E-state index contributed by atoms with van der Waals surface area (Å²) < 4.78 is 8.59. The molecule has 0 bridgehead atoms. The molecule has 0 fully saturated rings. The van der Waals surface area contributed by atoms with Gasteiger partial charge >= 0.3 is 0 Å². The molecule has 2 rings (SSSR count). The molecule has 5 nitrogen and oxygen atoms in total. The Balaban J connectivity index is 2.19. The van der Waals surface area contributed by atoms with E-state index in [0.717, 1.165) is 0 Å². The van der Waals surface area contributed by atoms with E-state index in [-0.39, 0.29) is 0 Å². The zero-order valence-corrected chi connectivity index (χ0v) is 15.8.